The molecule has 2 aromatic heterocycles. The molecule has 0 radical (unpaired) electrons. The highest BCUT2D eigenvalue weighted by atomic mass is 35.5. The number of nitrogens with zero attached hydrogens (tertiary/aromatic N) is 1. The average molecular weight is 301 g/mol. The Bertz CT molecular complexity index is 820. The smallest absolute Gasteiger partial charge is 0.291 e. The number of fused-ring (bicyclic) bond motifs is 1. The molecule has 1 N–H and O–H groups in total. The van der Waals surface area contributed by atoms with Gasteiger partial charge in [0.1, 0.15) is 5.76 Å². The number of rotatable bonds is 2. The number of nitrogens with one attached hydrogen (secondary N) is 1. The fourth-order valence-corrected chi connectivity index (χ4v) is 2.35. The van der Waals surface area contributed by atoms with Crippen LogP contribution in [0.2, 0.25) is 5.02 Å². The summed E-state index contributed by atoms with van der Waals surface area (Å²) in [4.78, 5) is 16.5. The number of aromatic nitrogens is 1. The van der Waals surface area contributed by atoms with Gasteiger partial charge in [-0.05, 0) is 43.7 Å². The summed E-state index contributed by atoms with van der Waals surface area (Å²) < 4.78 is 5.43. The van der Waals surface area contributed by atoms with Gasteiger partial charge in [-0.2, -0.15) is 0 Å². The van der Waals surface area contributed by atoms with E-state index in [2.05, 4.69) is 10.3 Å². The molecule has 1 amide bonds. The van der Waals surface area contributed by atoms with Crippen LogP contribution < -0.4 is 5.32 Å². The first-order valence-electron chi connectivity index (χ1n) is 6.47. The van der Waals surface area contributed by atoms with Crippen LogP contribution >= 0.6 is 11.6 Å². The second kappa shape index (κ2) is 5.22. The van der Waals surface area contributed by atoms with Crippen molar-refractivity contribution in [2.75, 3.05) is 5.32 Å². The summed E-state index contributed by atoms with van der Waals surface area (Å²) in [7, 11) is 0. The minimum atomic E-state index is -0.319. The predicted molar refractivity (Wildman–Crippen MR) is 82.9 cm³/mol. The van der Waals surface area contributed by atoms with E-state index in [1.807, 2.05) is 26.0 Å². The molecule has 106 valence electrons. The normalized spacial score (nSPS) is 10.8. The molecular weight excluding hydrogens is 288 g/mol. The largest absolute Gasteiger partial charge is 0.456 e. The van der Waals surface area contributed by atoms with Crippen molar-refractivity contribution in [1.82, 2.24) is 4.98 Å². The number of anilines is 1. The number of pyridine rings is 1. The molecule has 0 aliphatic rings. The zero-order valence-corrected chi connectivity index (χ0v) is 12.4. The first kappa shape index (κ1) is 13.6. The van der Waals surface area contributed by atoms with Crippen LogP contribution in [0.25, 0.3) is 10.9 Å². The summed E-state index contributed by atoms with van der Waals surface area (Å²) in [6.07, 6.45) is 1.67. The number of furan rings is 1. The Labute approximate surface area is 126 Å². The topological polar surface area (TPSA) is 55.1 Å². The number of benzene rings is 1. The zero-order chi connectivity index (χ0) is 15.0. The number of amides is 1. The van der Waals surface area contributed by atoms with E-state index in [-0.39, 0.29) is 11.7 Å². The minimum Gasteiger partial charge on any atom is -0.456 e. The summed E-state index contributed by atoms with van der Waals surface area (Å²) in [6, 6.07) is 8.91. The molecule has 0 fully saturated rings. The standard InChI is InChI=1S/C16H13ClN2O2/c1-9-6-14(21-10(9)2)16(20)19-13-8-12(17)7-11-4-3-5-18-15(11)13/h3-8H,1-2H3,(H,19,20). The maximum absolute atomic E-state index is 12.3. The van der Waals surface area contributed by atoms with Gasteiger partial charge in [0.2, 0.25) is 0 Å². The van der Waals surface area contributed by atoms with Crippen LogP contribution in [0.15, 0.2) is 40.9 Å². The number of halogens is 1. The molecule has 0 bridgehead atoms. The molecule has 21 heavy (non-hydrogen) atoms. The van der Waals surface area contributed by atoms with E-state index in [9.17, 15) is 4.79 Å². The summed E-state index contributed by atoms with van der Waals surface area (Å²) in [5, 5.41) is 4.21. The second-order valence-corrected chi connectivity index (χ2v) is 5.27. The summed E-state index contributed by atoms with van der Waals surface area (Å²) >= 11 is 6.08. The first-order chi connectivity index (χ1) is 10.0. The maximum atomic E-state index is 12.3. The molecule has 3 rings (SSSR count). The van der Waals surface area contributed by atoms with E-state index in [0.29, 0.717) is 16.2 Å². The van der Waals surface area contributed by atoms with Crippen molar-refractivity contribution in [3.05, 3.63) is 58.6 Å². The lowest BCUT2D eigenvalue weighted by Crippen LogP contribution is -2.11. The molecule has 3 aromatic rings. The SMILES string of the molecule is Cc1cc(C(=O)Nc2cc(Cl)cc3cccnc23)oc1C. The van der Waals surface area contributed by atoms with Crippen LogP contribution in [0.1, 0.15) is 21.9 Å². The van der Waals surface area contributed by atoms with Crippen LogP contribution in [0.5, 0.6) is 0 Å². The molecule has 0 saturated heterocycles. The summed E-state index contributed by atoms with van der Waals surface area (Å²) in [6.45, 7) is 3.72. The number of carbonyl (C=O) groups is 1. The molecule has 1 aromatic carbocycles. The van der Waals surface area contributed by atoms with Crippen molar-refractivity contribution < 1.29 is 9.21 Å². The Morgan fingerprint density at radius 2 is 2.10 bits per heavy atom. The second-order valence-electron chi connectivity index (χ2n) is 4.83. The van der Waals surface area contributed by atoms with E-state index < -0.39 is 0 Å². The van der Waals surface area contributed by atoms with Crippen molar-refractivity contribution in [1.29, 1.82) is 0 Å². The van der Waals surface area contributed by atoms with Crippen LogP contribution in [-0.2, 0) is 0 Å². The molecular formula is C16H13ClN2O2. The van der Waals surface area contributed by atoms with E-state index >= 15 is 0 Å². The van der Waals surface area contributed by atoms with Gasteiger partial charge in [0.15, 0.2) is 5.76 Å². The number of hydrogen-bond donors (Lipinski definition) is 1. The minimum absolute atomic E-state index is 0.272. The fourth-order valence-electron chi connectivity index (χ4n) is 2.12. The molecule has 5 heteroatoms. The Kier molecular flexibility index (Phi) is 3.39. The molecule has 0 atom stereocenters. The third-order valence-electron chi connectivity index (χ3n) is 3.31. The maximum Gasteiger partial charge on any atom is 0.291 e. The van der Waals surface area contributed by atoms with Crippen LogP contribution in [0, 0.1) is 13.8 Å². The number of carbonyl (C=O) groups excluding carboxylic acids is 1. The Hall–Kier alpha value is -2.33. The highest BCUT2D eigenvalue weighted by Crippen LogP contribution is 2.27. The van der Waals surface area contributed by atoms with Gasteiger partial charge in [-0.1, -0.05) is 17.7 Å². The van der Waals surface area contributed by atoms with Crippen molar-refractivity contribution in [2.45, 2.75) is 13.8 Å². The third kappa shape index (κ3) is 2.62. The quantitative estimate of drug-likeness (QED) is 0.765. The van der Waals surface area contributed by atoms with Gasteiger partial charge in [0.05, 0.1) is 11.2 Å². The van der Waals surface area contributed by atoms with E-state index in [4.69, 9.17) is 16.0 Å². The highest BCUT2D eigenvalue weighted by Gasteiger charge is 2.14. The predicted octanol–water partition coefficient (Wildman–Crippen LogP) is 4.35. The molecule has 0 unspecified atom stereocenters. The van der Waals surface area contributed by atoms with Crippen molar-refractivity contribution >= 4 is 34.1 Å². The summed E-state index contributed by atoms with van der Waals surface area (Å²) in [5.74, 6) is 0.684. The summed E-state index contributed by atoms with van der Waals surface area (Å²) in [5.41, 5.74) is 2.19. The highest BCUT2D eigenvalue weighted by molar-refractivity contribution is 6.32. The molecule has 0 saturated carbocycles. The van der Waals surface area contributed by atoms with Gasteiger partial charge in [0.25, 0.3) is 5.91 Å². The fraction of sp³-hybridized carbons (Fsp3) is 0.125. The Morgan fingerprint density at radius 3 is 2.81 bits per heavy atom. The van der Waals surface area contributed by atoms with Gasteiger partial charge in [-0.3, -0.25) is 9.78 Å². The van der Waals surface area contributed by atoms with Crippen molar-refractivity contribution in [2.24, 2.45) is 0 Å². The van der Waals surface area contributed by atoms with Gasteiger partial charge in [-0.15, -0.1) is 0 Å². The van der Waals surface area contributed by atoms with Crippen LogP contribution in [0.4, 0.5) is 5.69 Å². The molecule has 0 spiro atoms. The van der Waals surface area contributed by atoms with E-state index in [1.165, 1.54) is 0 Å². The monoisotopic (exact) mass is 300 g/mol. The van der Waals surface area contributed by atoms with Gasteiger partial charge in [0, 0.05) is 16.6 Å². The average Bonchev–Trinajstić information content (AvgIpc) is 2.78. The molecule has 4 nitrogen and oxygen atoms in total. The number of aryl methyl sites for hydroxylation is 2. The lowest BCUT2D eigenvalue weighted by molar-refractivity contribution is 0.0995. The lowest BCUT2D eigenvalue weighted by atomic mass is 10.2. The Balaban J connectivity index is 1.99. The Morgan fingerprint density at radius 1 is 1.29 bits per heavy atom. The zero-order valence-electron chi connectivity index (χ0n) is 11.6. The van der Waals surface area contributed by atoms with Gasteiger partial charge in [-0.25, -0.2) is 0 Å². The molecule has 2 heterocycles. The van der Waals surface area contributed by atoms with Crippen LogP contribution in [-0.4, -0.2) is 10.9 Å². The van der Waals surface area contributed by atoms with Crippen LogP contribution in [0.3, 0.4) is 0 Å². The van der Waals surface area contributed by atoms with Gasteiger partial charge < -0.3 is 9.73 Å². The van der Waals surface area contributed by atoms with E-state index in [1.54, 1.807) is 24.4 Å². The first-order valence-corrected chi connectivity index (χ1v) is 6.85. The van der Waals surface area contributed by atoms with Crippen molar-refractivity contribution in [3.63, 3.8) is 0 Å². The number of hydrogen-bond acceptors (Lipinski definition) is 3. The molecule has 0 aliphatic heterocycles. The van der Waals surface area contributed by atoms with Crippen molar-refractivity contribution in [3.8, 4) is 0 Å². The van der Waals surface area contributed by atoms with Gasteiger partial charge >= 0.3 is 0 Å². The lowest BCUT2D eigenvalue weighted by Gasteiger charge is -2.07. The van der Waals surface area contributed by atoms with E-state index in [0.717, 1.165) is 16.7 Å². The third-order valence-corrected chi connectivity index (χ3v) is 3.53. The molecule has 0 aliphatic carbocycles.